The lowest BCUT2D eigenvalue weighted by Crippen LogP contribution is -2.64. The summed E-state index contributed by atoms with van der Waals surface area (Å²) in [5, 5.41) is 11.5. The van der Waals surface area contributed by atoms with E-state index in [1.807, 2.05) is 17.1 Å². The van der Waals surface area contributed by atoms with Gasteiger partial charge in [0.1, 0.15) is 5.69 Å². The average molecular weight is 508 g/mol. The Morgan fingerprint density at radius 2 is 1.83 bits per heavy atom. The smallest absolute Gasteiger partial charge is 0.103 e. The molecular weight excluding hydrogens is 474 g/mol. The van der Waals surface area contributed by atoms with Gasteiger partial charge in [0.05, 0.1) is 59.1 Å². The summed E-state index contributed by atoms with van der Waals surface area (Å²) < 4.78 is 9.78. The summed E-state index contributed by atoms with van der Waals surface area (Å²) in [4.78, 5) is 7.34. The van der Waals surface area contributed by atoms with E-state index in [2.05, 4.69) is 58.7 Å². The van der Waals surface area contributed by atoms with Crippen LogP contribution in [0.25, 0.3) is 16.6 Å². The van der Waals surface area contributed by atoms with E-state index in [4.69, 9.17) is 26.5 Å². The number of rotatable bonds is 6. The van der Waals surface area contributed by atoms with E-state index in [1.165, 1.54) is 25.8 Å². The van der Waals surface area contributed by atoms with Gasteiger partial charge in [-0.3, -0.25) is 9.58 Å². The Balaban J connectivity index is 1.05. The van der Waals surface area contributed by atoms with Crippen LogP contribution in [0.4, 0.5) is 5.69 Å². The molecule has 0 bridgehead atoms. The number of halogens is 1. The highest BCUT2D eigenvalue weighted by Gasteiger charge is 2.97. The minimum Gasteiger partial charge on any atom is -0.377 e. The molecule has 8 nitrogen and oxygen atoms in total. The lowest BCUT2D eigenvalue weighted by atomic mass is 9.79. The van der Waals surface area contributed by atoms with Crippen molar-refractivity contribution < 1.29 is 4.74 Å². The maximum absolute atomic E-state index is 6.79. The Bertz CT molecular complexity index is 1390. The van der Waals surface area contributed by atoms with Crippen LogP contribution in [0.2, 0.25) is 5.02 Å². The van der Waals surface area contributed by atoms with Crippen molar-refractivity contribution in [2.45, 2.75) is 37.3 Å². The summed E-state index contributed by atoms with van der Waals surface area (Å²) in [5.41, 5.74) is 4.71. The van der Waals surface area contributed by atoms with Crippen molar-refractivity contribution in [2.75, 3.05) is 64.9 Å². The van der Waals surface area contributed by atoms with Gasteiger partial charge in [-0.2, -0.15) is 10.2 Å². The molecule has 3 aromatic rings. The summed E-state index contributed by atoms with van der Waals surface area (Å²) in [6, 6.07) is 4.28. The predicted molar refractivity (Wildman–Crippen MR) is 140 cm³/mol. The minimum atomic E-state index is 0.200. The number of fused-ring (bicyclic) bond motifs is 1. The van der Waals surface area contributed by atoms with Gasteiger partial charge in [-0.05, 0) is 57.8 Å². The zero-order chi connectivity index (χ0) is 24.5. The van der Waals surface area contributed by atoms with Crippen LogP contribution in [-0.4, -0.2) is 94.9 Å². The molecule has 8 rings (SSSR count). The number of hydrogen-bond acceptors (Lipinski definition) is 6. The van der Waals surface area contributed by atoms with Gasteiger partial charge in [0.15, 0.2) is 0 Å². The van der Waals surface area contributed by atoms with E-state index >= 15 is 0 Å². The van der Waals surface area contributed by atoms with Gasteiger partial charge in [-0.15, -0.1) is 0 Å². The molecular formula is C27H34ClN7O. The van der Waals surface area contributed by atoms with Crippen molar-refractivity contribution in [3.63, 3.8) is 0 Å². The molecule has 0 amide bonds. The molecule has 2 aromatic heterocycles. The van der Waals surface area contributed by atoms with Crippen LogP contribution >= 0.6 is 11.6 Å². The molecule has 0 N–H and O–H groups in total. The third-order valence-electron chi connectivity index (χ3n) is 10.2. The van der Waals surface area contributed by atoms with Crippen LogP contribution in [0.5, 0.6) is 0 Å². The lowest BCUT2D eigenvalue weighted by Gasteiger charge is -2.50. The molecule has 3 atom stereocenters. The fraction of sp³-hybridized carbons (Fsp3) is 0.630. The molecule has 3 saturated carbocycles. The highest BCUT2D eigenvalue weighted by molar-refractivity contribution is 6.34. The van der Waals surface area contributed by atoms with Crippen LogP contribution in [0.15, 0.2) is 30.7 Å². The molecule has 2 aliphatic heterocycles. The first kappa shape index (κ1) is 21.9. The van der Waals surface area contributed by atoms with E-state index in [-0.39, 0.29) is 11.1 Å². The lowest BCUT2D eigenvalue weighted by molar-refractivity contribution is -0.131. The van der Waals surface area contributed by atoms with Crippen molar-refractivity contribution in [1.82, 2.24) is 29.4 Å². The van der Waals surface area contributed by atoms with Gasteiger partial charge in [0, 0.05) is 43.5 Å². The minimum absolute atomic E-state index is 0.200. The van der Waals surface area contributed by atoms with Gasteiger partial charge < -0.3 is 14.5 Å². The second kappa shape index (κ2) is 6.84. The maximum Gasteiger partial charge on any atom is 0.103 e. The second-order valence-electron chi connectivity index (χ2n) is 12.7. The van der Waals surface area contributed by atoms with E-state index in [0.717, 1.165) is 66.7 Å². The van der Waals surface area contributed by atoms with Crippen molar-refractivity contribution in [2.24, 2.45) is 10.8 Å². The highest BCUT2D eigenvalue weighted by Crippen LogP contribution is 2.98. The summed E-state index contributed by atoms with van der Waals surface area (Å²) in [6.07, 6.45) is 10.0. The number of benzene rings is 1. The first-order chi connectivity index (χ1) is 17.3. The Morgan fingerprint density at radius 1 is 1.03 bits per heavy atom. The average Bonchev–Trinajstić information content (AvgIpc) is 3.30. The van der Waals surface area contributed by atoms with Gasteiger partial charge in [-0.1, -0.05) is 11.6 Å². The molecule has 190 valence electrons. The molecule has 3 aliphatic carbocycles. The van der Waals surface area contributed by atoms with Crippen LogP contribution in [0.1, 0.15) is 26.2 Å². The Morgan fingerprint density at radius 3 is 2.53 bits per heavy atom. The predicted octanol–water partition coefficient (Wildman–Crippen LogP) is 3.23. The number of anilines is 1. The molecule has 4 heterocycles. The zero-order valence-corrected chi connectivity index (χ0v) is 22.1. The van der Waals surface area contributed by atoms with E-state index < -0.39 is 0 Å². The largest absolute Gasteiger partial charge is 0.377 e. The van der Waals surface area contributed by atoms with Crippen molar-refractivity contribution in [1.29, 1.82) is 0 Å². The summed E-state index contributed by atoms with van der Waals surface area (Å²) in [5.74, 6) is 0. The molecule has 3 unspecified atom stereocenters. The number of aromatic nitrogens is 4. The maximum atomic E-state index is 6.79. The first-order valence-corrected chi connectivity index (χ1v) is 13.6. The van der Waals surface area contributed by atoms with Crippen molar-refractivity contribution >= 4 is 28.2 Å². The van der Waals surface area contributed by atoms with Crippen LogP contribution in [0, 0.1) is 10.8 Å². The van der Waals surface area contributed by atoms with Crippen molar-refractivity contribution in [3.05, 3.63) is 35.7 Å². The first-order valence-electron chi connectivity index (χ1n) is 13.2. The quantitative estimate of drug-likeness (QED) is 0.510. The fourth-order valence-corrected chi connectivity index (χ4v) is 8.56. The molecule has 5 fully saturated rings. The second-order valence-corrected chi connectivity index (χ2v) is 13.1. The molecule has 2 saturated heterocycles. The normalized spacial score (nSPS) is 34.3. The fourth-order valence-electron chi connectivity index (χ4n) is 8.27. The summed E-state index contributed by atoms with van der Waals surface area (Å²) in [7, 11) is 4.39. The Hall–Kier alpha value is -2.13. The Kier molecular flexibility index (Phi) is 4.16. The van der Waals surface area contributed by atoms with Crippen LogP contribution in [-0.2, 0) is 10.3 Å². The van der Waals surface area contributed by atoms with Crippen LogP contribution in [0.3, 0.4) is 0 Å². The molecule has 36 heavy (non-hydrogen) atoms. The summed E-state index contributed by atoms with van der Waals surface area (Å²) in [6.45, 7) is 9.17. The monoisotopic (exact) mass is 507 g/mol. The number of piperazine rings is 1. The van der Waals surface area contributed by atoms with E-state index in [1.54, 1.807) is 0 Å². The van der Waals surface area contributed by atoms with Gasteiger partial charge >= 0.3 is 0 Å². The third-order valence-corrected chi connectivity index (χ3v) is 10.5. The van der Waals surface area contributed by atoms with Crippen molar-refractivity contribution in [3.8, 4) is 5.69 Å². The van der Waals surface area contributed by atoms with Crippen LogP contribution < -0.4 is 4.90 Å². The highest BCUT2D eigenvalue weighted by atomic mass is 35.5. The third kappa shape index (κ3) is 2.66. The topological polar surface area (TPSA) is 54.6 Å². The molecule has 9 heteroatoms. The van der Waals surface area contributed by atoms with Gasteiger partial charge in [0.2, 0.25) is 0 Å². The molecule has 1 aromatic carbocycles. The number of ether oxygens (including phenoxy) is 1. The molecule has 0 radical (unpaired) electrons. The number of hydrogen-bond donors (Lipinski definition) is 0. The number of nitrogens with zero attached hydrogens (tertiary/aromatic N) is 7. The SMILES string of the molecule is CN(C)CC12CC3(n4cc(-n5ncc6cc(Cl)c(N7CCN(C8(C)COC8)CC7)cc65)cn4)CC13C2. The molecule has 1 spiro atoms. The van der Waals surface area contributed by atoms with E-state index in [9.17, 15) is 0 Å². The summed E-state index contributed by atoms with van der Waals surface area (Å²) >= 11 is 6.79. The van der Waals surface area contributed by atoms with Gasteiger partial charge in [0.25, 0.3) is 0 Å². The standard InChI is InChI=1S/C27H34ClN7O/c1-24(17-36-18-24)33-6-4-32(5-7-33)23-9-22-19(8-21(23)28)10-30-35(22)20-11-29-34(12-20)27-14-25(16-31(2)3)13-26(25,27)15-27/h8-12H,4-7,13-18H2,1-3H3. The molecule has 5 aliphatic rings. The van der Waals surface area contributed by atoms with E-state index in [0.29, 0.717) is 10.8 Å². The Labute approximate surface area is 216 Å². The van der Waals surface area contributed by atoms with Gasteiger partial charge in [-0.25, -0.2) is 4.68 Å². The zero-order valence-electron chi connectivity index (χ0n) is 21.4.